The minimum Gasteiger partial charge on any atom is -0.346 e. The molecule has 0 aliphatic rings. The highest BCUT2D eigenvalue weighted by molar-refractivity contribution is 6.42. The predicted octanol–water partition coefficient (Wildman–Crippen LogP) is 5.68. The lowest BCUT2D eigenvalue weighted by molar-refractivity contribution is 0.0940. The van der Waals surface area contributed by atoms with E-state index >= 15 is 0 Å². The smallest absolute Gasteiger partial charge is 0.251 e. The van der Waals surface area contributed by atoms with Crippen molar-refractivity contribution < 1.29 is 4.79 Å². The Morgan fingerprint density at radius 1 is 1.00 bits per heavy atom. The summed E-state index contributed by atoms with van der Waals surface area (Å²) in [6, 6.07) is 13.2. The lowest BCUT2D eigenvalue weighted by atomic mass is 10.00. The van der Waals surface area contributed by atoms with Crippen LogP contribution >= 0.6 is 23.2 Å². The van der Waals surface area contributed by atoms with Gasteiger partial charge < -0.3 is 5.32 Å². The van der Waals surface area contributed by atoms with Gasteiger partial charge in [-0.3, -0.25) is 4.79 Å². The Morgan fingerprint density at radius 3 is 2.22 bits per heavy atom. The van der Waals surface area contributed by atoms with E-state index in [4.69, 9.17) is 23.2 Å². The summed E-state index contributed by atoms with van der Waals surface area (Å²) in [5, 5.41) is 3.80. The fraction of sp³-hybridized carbons (Fsp3) is 0.316. The molecule has 0 bridgehead atoms. The quantitative estimate of drug-likeness (QED) is 0.738. The van der Waals surface area contributed by atoms with Gasteiger partial charge in [-0.2, -0.15) is 0 Å². The Bertz CT molecular complexity index is 680. The van der Waals surface area contributed by atoms with Gasteiger partial charge in [0.15, 0.2) is 0 Å². The third kappa shape index (κ3) is 4.98. The molecular weight excluding hydrogens is 329 g/mol. The molecule has 4 heteroatoms. The van der Waals surface area contributed by atoms with Crippen molar-refractivity contribution in [2.75, 3.05) is 0 Å². The van der Waals surface area contributed by atoms with Crippen molar-refractivity contribution in [3.8, 4) is 0 Å². The van der Waals surface area contributed by atoms with Crippen LogP contribution in [0.3, 0.4) is 0 Å². The van der Waals surface area contributed by atoms with Crippen molar-refractivity contribution in [2.45, 2.75) is 33.2 Å². The van der Waals surface area contributed by atoms with Crippen LogP contribution in [-0.2, 0) is 6.42 Å². The normalized spacial score (nSPS) is 12.3. The zero-order valence-corrected chi connectivity index (χ0v) is 15.1. The van der Waals surface area contributed by atoms with Crippen LogP contribution < -0.4 is 5.32 Å². The number of nitrogens with one attached hydrogen (secondary N) is 1. The standard InChI is InChI=1S/C19H21Cl2NO/c1-12(2)10-14-4-6-15(7-5-14)13(3)22-19(23)16-8-9-17(20)18(21)11-16/h4-9,11-13H,10H2,1-3H3,(H,22,23)/t13-/m1/s1. The third-order valence-corrected chi connectivity index (χ3v) is 4.39. The van der Waals surface area contributed by atoms with Gasteiger partial charge >= 0.3 is 0 Å². The molecule has 2 nitrogen and oxygen atoms in total. The van der Waals surface area contributed by atoms with E-state index in [2.05, 4.69) is 43.4 Å². The molecular formula is C19H21Cl2NO. The molecule has 23 heavy (non-hydrogen) atoms. The summed E-state index contributed by atoms with van der Waals surface area (Å²) in [7, 11) is 0. The second-order valence-electron chi connectivity index (χ2n) is 6.16. The zero-order chi connectivity index (χ0) is 17.0. The van der Waals surface area contributed by atoms with E-state index < -0.39 is 0 Å². The molecule has 0 unspecified atom stereocenters. The van der Waals surface area contributed by atoms with Crippen LogP contribution in [0.25, 0.3) is 0 Å². The van der Waals surface area contributed by atoms with Gasteiger partial charge in [-0.15, -0.1) is 0 Å². The minimum atomic E-state index is -0.165. The van der Waals surface area contributed by atoms with Crippen molar-refractivity contribution in [2.24, 2.45) is 5.92 Å². The van der Waals surface area contributed by atoms with Crippen LogP contribution in [0, 0.1) is 5.92 Å². The van der Waals surface area contributed by atoms with E-state index in [9.17, 15) is 4.79 Å². The Morgan fingerprint density at radius 2 is 1.65 bits per heavy atom. The molecule has 2 rings (SSSR count). The average molecular weight is 350 g/mol. The van der Waals surface area contributed by atoms with Crippen LogP contribution in [0.4, 0.5) is 0 Å². The molecule has 0 aromatic heterocycles. The Kier molecular flexibility index (Phi) is 6.09. The fourth-order valence-electron chi connectivity index (χ4n) is 2.41. The van der Waals surface area contributed by atoms with Gasteiger partial charge in [0, 0.05) is 5.56 Å². The van der Waals surface area contributed by atoms with E-state index in [1.807, 2.05) is 6.92 Å². The molecule has 122 valence electrons. The van der Waals surface area contributed by atoms with Crippen LogP contribution in [0.1, 0.15) is 48.3 Å². The molecule has 2 aromatic carbocycles. The molecule has 1 amide bonds. The van der Waals surface area contributed by atoms with Crippen molar-refractivity contribution in [3.05, 3.63) is 69.2 Å². The number of benzene rings is 2. The van der Waals surface area contributed by atoms with Gasteiger partial charge in [-0.05, 0) is 48.6 Å². The molecule has 0 radical (unpaired) electrons. The van der Waals surface area contributed by atoms with E-state index in [1.165, 1.54) is 5.56 Å². The van der Waals surface area contributed by atoms with Gasteiger partial charge in [-0.1, -0.05) is 61.3 Å². The fourth-order valence-corrected chi connectivity index (χ4v) is 2.71. The average Bonchev–Trinajstić information content (AvgIpc) is 2.50. The van der Waals surface area contributed by atoms with Gasteiger partial charge in [0.05, 0.1) is 16.1 Å². The molecule has 0 aliphatic heterocycles. The molecule has 1 N–H and O–H groups in total. The first-order valence-electron chi connectivity index (χ1n) is 7.71. The zero-order valence-electron chi connectivity index (χ0n) is 13.6. The maximum atomic E-state index is 12.3. The first-order chi connectivity index (χ1) is 10.9. The van der Waals surface area contributed by atoms with E-state index in [0.29, 0.717) is 21.5 Å². The molecule has 0 spiro atoms. The largest absolute Gasteiger partial charge is 0.346 e. The molecule has 0 saturated heterocycles. The third-order valence-electron chi connectivity index (χ3n) is 3.65. The second-order valence-corrected chi connectivity index (χ2v) is 6.98. The lowest BCUT2D eigenvalue weighted by Crippen LogP contribution is -2.26. The van der Waals surface area contributed by atoms with Crippen molar-refractivity contribution in [1.29, 1.82) is 0 Å². The first-order valence-corrected chi connectivity index (χ1v) is 8.47. The maximum Gasteiger partial charge on any atom is 0.251 e. The van der Waals surface area contributed by atoms with Gasteiger partial charge in [0.2, 0.25) is 0 Å². The van der Waals surface area contributed by atoms with Crippen molar-refractivity contribution in [1.82, 2.24) is 5.32 Å². The topological polar surface area (TPSA) is 29.1 Å². The van der Waals surface area contributed by atoms with E-state index in [1.54, 1.807) is 18.2 Å². The highest BCUT2D eigenvalue weighted by Gasteiger charge is 2.13. The van der Waals surface area contributed by atoms with Crippen LogP contribution in [0.2, 0.25) is 10.0 Å². The number of hydrogen-bond acceptors (Lipinski definition) is 1. The SMILES string of the molecule is CC(C)Cc1ccc([C@@H](C)NC(=O)c2ccc(Cl)c(Cl)c2)cc1. The lowest BCUT2D eigenvalue weighted by Gasteiger charge is -2.15. The highest BCUT2D eigenvalue weighted by Crippen LogP contribution is 2.23. The van der Waals surface area contributed by atoms with Crippen LogP contribution in [0.5, 0.6) is 0 Å². The molecule has 0 heterocycles. The van der Waals surface area contributed by atoms with E-state index in [0.717, 1.165) is 12.0 Å². The van der Waals surface area contributed by atoms with Gasteiger partial charge in [-0.25, -0.2) is 0 Å². The number of carbonyl (C=O) groups is 1. The Labute approximate surface area is 147 Å². The highest BCUT2D eigenvalue weighted by atomic mass is 35.5. The summed E-state index contributed by atoms with van der Waals surface area (Å²) in [6.45, 7) is 6.37. The summed E-state index contributed by atoms with van der Waals surface area (Å²) >= 11 is 11.8. The number of hydrogen-bond donors (Lipinski definition) is 1. The number of rotatable bonds is 5. The van der Waals surface area contributed by atoms with Crippen LogP contribution in [-0.4, -0.2) is 5.91 Å². The summed E-state index contributed by atoms with van der Waals surface area (Å²) in [4.78, 5) is 12.3. The summed E-state index contributed by atoms with van der Waals surface area (Å²) in [5.41, 5.74) is 2.89. The first kappa shape index (κ1) is 17.8. The Balaban J connectivity index is 2.04. The molecule has 0 saturated carbocycles. The van der Waals surface area contributed by atoms with Crippen molar-refractivity contribution in [3.63, 3.8) is 0 Å². The number of carbonyl (C=O) groups excluding carboxylic acids is 1. The monoisotopic (exact) mass is 349 g/mol. The molecule has 0 aliphatic carbocycles. The number of amides is 1. The predicted molar refractivity (Wildman–Crippen MR) is 97.3 cm³/mol. The molecule has 2 aromatic rings. The van der Waals surface area contributed by atoms with Gasteiger partial charge in [0.1, 0.15) is 0 Å². The summed E-state index contributed by atoms with van der Waals surface area (Å²) in [6.07, 6.45) is 1.06. The maximum absolute atomic E-state index is 12.3. The second kappa shape index (κ2) is 7.85. The minimum absolute atomic E-state index is 0.0787. The van der Waals surface area contributed by atoms with Gasteiger partial charge in [0.25, 0.3) is 5.91 Å². The summed E-state index contributed by atoms with van der Waals surface area (Å²) < 4.78 is 0. The molecule has 1 atom stereocenters. The summed E-state index contributed by atoms with van der Waals surface area (Å²) in [5.74, 6) is 0.468. The van der Waals surface area contributed by atoms with Crippen molar-refractivity contribution >= 4 is 29.1 Å². The number of halogens is 2. The van der Waals surface area contributed by atoms with E-state index in [-0.39, 0.29) is 11.9 Å². The Hall–Kier alpha value is -1.51. The molecule has 0 fully saturated rings. The van der Waals surface area contributed by atoms with Crippen LogP contribution in [0.15, 0.2) is 42.5 Å².